The molecule has 50 heavy (non-hydrogen) atoms. The third kappa shape index (κ3) is 7.38. The molecule has 3 atom stereocenters. The van der Waals surface area contributed by atoms with Crippen LogP contribution in [0.4, 0.5) is 20.2 Å². The normalized spacial score (nSPS) is 23.4. The predicted molar refractivity (Wildman–Crippen MR) is 183 cm³/mol. The number of hydrogen-bond acceptors (Lipinski definition) is 10. The molecule has 0 radical (unpaired) electrons. The second kappa shape index (κ2) is 13.5. The molecule has 2 aromatic heterocycles. The number of hydrogen-bond donors (Lipinski definition) is 1. The average Bonchev–Trinajstić information content (AvgIpc) is 3.37. The van der Waals surface area contributed by atoms with Crippen LogP contribution in [0.5, 0.6) is 5.88 Å². The second-order valence-electron chi connectivity index (χ2n) is 15.1. The lowest BCUT2D eigenvalue weighted by Gasteiger charge is -2.39. The third-order valence-electron chi connectivity index (χ3n) is 9.76. The molecule has 268 valence electrons. The van der Waals surface area contributed by atoms with Crippen LogP contribution in [0, 0.1) is 11.8 Å². The van der Waals surface area contributed by atoms with Gasteiger partial charge in [-0.2, -0.15) is 14.6 Å². The SMILES string of the molecule is CC(C)c1cnn2c(NC3C4CN(C(=O)OC5CN(C(=O)OC(C)(C)C)C5)CC43)cc(O[C@@H]3CCCN(C(=O)OCc4ccccc4)C3)nc12. The summed E-state index contributed by atoms with van der Waals surface area (Å²) in [5.41, 5.74) is 2.12. The molecule has 1 saturated carbocycles. The van der Waals surface area contributed by atoms with Crippen LogP contribution in [-0.2, 0) is 20.8 Å². The number of likely N-dealkylation sites (tertiary alicyclic amines) is 3. The molecule has 3 amide bonds. The molecule has 4 aliphatic rings. The number of carbonyl (C=O) groups excluding carboxylic acids is 3. The first-order valence-electron chi connectivity index (χ1n) is 17.6. The molecule has 14 heteroatoms. The van der Waals surface area contributed by atoms with E-state index in [2.05, 4.69) is 24.3 Å². The van der Waals surface area contributed by atoms with Crippen molar-refractivity contribution in [3.8, 4) is 5.88 Å². The number of aromatic nitrogens is 3. The predicted octanol–water partition coefficient (Wildman–Crippen LogP) is 5.13. The maximum Gasteiger partial charge on any atom is 0.410 e. The number of nitrogens with zero attached hydrogens (tertiary/aromatic N) is 6. The summed E-state index contributed by atoms with van der Waals surface area (Å²) < 4.78 is 24.9. The zero-order valence-electron chi connectivity index (χ0n) is 29.4. The van der Waals surface area contributed by atoms with Crippen molar-refractivity contribution in [1.82, 2.24) is 29.3 Å². The summed E-state index contributed by atoms with van der Waals surface area (Å²) in [6, 6.07) is 11.7. The largest absolute Gasteiger partial charge is 0.472 e. The van der Waals surface area contributed by atoms with Crippen molar-refractivity contribution in [2.45, 2.75) is 83.8 Å². The zero-order valence-corrected chi connectivity index (χ0v) is 29.4. The number of nitrogens with one attached hydrogen (secondary N) is 1. The molecule has 3 aliphatic heterocycles. The minimum atomic E-state index is -0.567. The number of rotatable bonds is 8. The molecule has 4 fully saturated rings. The summed E-state index contributed by atoms with van der Waals surface area (Å²) >= 11 is 0. The highest BCUT2D eigenvalue weighted by Crippen LogP contribution is 2.47. The van der Waals surface area contributed by atoms with Gasteiger partial charge in [0.1, 0.15) is 30.2 Å². The first-order valence-corrected chi connectivity index (χ1v) is 17.6. The van der Waals surface area contributed by atoms with E-state index in [9.17, 15) is 14.4 Å². The van der Waals surface area contributed by atoms with Crippen LogP contribution in [0.3, 0.4) is 0 Å². The number of piperidine rings is 2. The van der Waals surface area contributed by atoms with Crippen LogP contribution in [0.25, 0.3) is 5.65 Å². The first kappa shape index (κ1) is 33.7. The monoisotopic (exact) mass is 689 g/mol. The van der Waals surface area contributed by atoms with Gasteiger partial charge >= 0.3 is 18.3 Å². The maximum atomic E-state index is 12.9. The lowest BCUT2D eigenvalue weighted by molar-refractivity contribution is -0.0430. The molecule has 0 spiro atoms. The average molecular weight is 690 g/mol. The molecule has 1 N–H and O–H groups in total. The fourth-order valence-corrected chi connectivity index (χ4v) is 6.98. The number of carbonyl (C=O) groups is 3. The summed E-state index contributed by atoms with van der Waals surface area (Å²) in [6.07, 6.45) is 1.82. The van der Waals surface area contributed by atoms with E-state index in [1.54, 1.807) is 14.7 Å². The van der Waals surface area contributed by atoms with E-state index < -0.39 is 11.7 Å². The fourth-order valence-electron chi connectivity index (χ4n) is 6.98. The lowest BCUT2D eigenvalue weighted by Crippen LogP contribution is -2.57. The summed E-state index contributed by atoms with van der Waals surface area (Å²) in [4.78, 5) is 47.9. The Hall–Kier alpha value is -4.75. The summed E-state index contributed by atoms with van der Waals surface area (Å²) in [5.74, 6) is 2.02. The molecule has 3 saturated heterocycles. The molecule has 2 unspecified atom stereocenters. The minimum absolute atomic E-state index is 0.167. The third-order valence-corrected chi connectivity index (χ3v) is 9.76. The van der Waals surface area contributed by atoms with E-state index in [4.69, 9.17) is 23.9 Å². The highest BCUT2D eigenvalue weighted by Gasteiger charge is 2.57. The van der Waals surface area contributed by atoms with Crippen molar-refractivity contribution in [1.29, 1.82) is 0 Å². The molecular weight excluding hydrogens is 642 g/mol. The van der Waals surface area contributed by atoms with Crippen molar-refractivity contribution in [3.63, 3.8) is 0 Å². The van der Waals surface area contributed by atoms with E-state index >= 15 is 0 Å². The van der Waals surface area contributed by atoms with Gasteiger partial charge in [-0.25, -0.2) is 14.4 Å². The van der Waals surface area contributed by atoms with Gasteiger partial charge in [0.15, 0.2) is 5.65 Å². The van der Waals surface area contributed by atoms with Crippen LogP contribution in [0.1, 0.15) is 64.5 Å². The van der Waals surface area contributed by atoms with Gasteiger partial charge in [-0.3, -0.25) is 0 Å². The van der Waals surface area contributed by atoms with Crippen LogP contribution >= 0.6 is 0 Å². The van der Waals surface area contributed by atoms with Crippen molar-refractivity contribution in [2.75, 3.05) is 44.6 Å². The minimum Gasteiger partial charge on any atom is -0.472 e. The van der Waals surface area contributed by atoms with Crippen molar-refractivity contribution < 1.29 is 33.3 Å². The Balaban J connectivity index is 0.945. The Labute approximate surface area is 292 Å². The van der Waals surface area contributed by atoms with Gasteiger partial charge in [0.05, 0.1) is 25.8 Å². The van der Waals surface area contributed by atoms with Gasteiger partial charge in [0.25, 0.3) is 0 Å². The Bertz CT molecular complexity index is 1710. The molecule has 1 aliphatic carbocycles. The molecule has 5 heterocycles. The van der Waals surface area contributed by atoms with Crippen molar-refractivity contribution >= 4 is 29.7 Å². The van der Waals surface area contributed by atoms with E-state index in [-0.39, 0.29) is 54.8 Å². The fraction of sp³-hybridized carbons (Fsp3) is 0.583. The number of anilines is 1. The Morgan fingerprint density at radius 2 is 1.62 bits per heavy atom. The highest BCUT2D eigenvalue weighted by atomic mass is 16.6. The van der Waals surface area contributed by atoms with Gasteiger partial charge in [0.2, 0.25) is 5.88 Å². The topological polar surface area (TPSA) is 140 Å². The lowest BCUT2D eigenvalue weighted by atomic mass is 10.1. The summed E-state index contributed by atoms with van der Waals surface area (Å²) in [6.45, 7) is 12.8. The standard InChI is InChI=1S/C36H47N7O7/c1-22(2)26-15-37-43-29(38-31-27-19-42(20-28(27)31)34(45)49-25-17-41(18-25)35(46)50-36(3,4)5)14-30(39-32(26)43)48-24-12-9-13-40(16-24)33(44)47-21-23-10-7-6-8-11-23/h6-8,10-11,14-15,22,24-25,27-28,31,38H,9,12-13,16-21H2,1-5H3/t24-,27?,28?,31?/m1/s1. The van der Waals surface area contributed by atoms with Gasteiger partial charge < -0.3 is 39.0 Å². The van der Waals surface area contributed by atoms with Crippen molar-refractivity contribution in [3.05, 3.63) is 53.7 Å². The van der Waals surface area contributed by atoms with Gasteiger partial charge in [-0.15, -0.1) is 0 Å². The second-order valence-corrected chi connectivity index (χ2v) is 15.1. The first-order chi connectivity index (χ1) is 23.9. The van der Waals surface area contributed by atoms with Crippen LogP contribution in [-0.4, -0.2) is 111 Å². The Kier molecular flexibility index (Phi) is 9.12. The maximum absolute atomic E-state index is 12.9. The smallest absolute Gasteiger partial charge is 0.410 e. The van der Waals surface area contributed by atoms with Gasteiger partial charge in [-0.1, -0.05) is 44.2 Å². The molecule has 1 aromatic carbocycles. The van der Waals surface area contributed by atoms with E-state index in [1.165, 1.54) is 0 Å². The number of amides is 3. The summed E-state index contributed by atoms with van der Waals surface area (Å²) in [7, 11) is 0. The van der Waals surface area contributed by atoms with Gasteiger partial charge in [-0.05, 0) is 45.1 Å². The molecule has 14 nitrogen and oxygen atoms in total. The molecule has 3 aromatic rings. The Morgan fingerprint density at radius 3 is 2.32 bits per heavy atom. The summed E-state index contributed by atoms with van der Waals surface area (Å²) in [5, 5.41) is 8.33. The van der Waals surface area contributed by atoms with Gasteiger partial charge in [0, 0.05) is 49.1 Å². The Morgan fingerprint density at radius 1 is 0.920 bits per heavy atom. The van der Waals surface area contributed by atoms with Crippen LogP contribution in [0.15, 0.2) is 42.6 Å². The van der Waals surface area contributed by atoms with Crippen LogP contribution < -0.4 is 10.1 Å². The van der Waals surface area contributed by atoms with E-state index in [1.807, 2.05) is 67.9 Å². The van der Waals surface area contributed by atoms with Crippen LogP contribution in [0.2, 0.25) is 0 Å². The zero-order chi connectivity index (χ0) is 35.2. The number of fused-ring (bicyclic) bond motifs is 2. The van der Waals surface area contributed by atoms with E-state index in [0.29, 0.717) is 45.1 Å². The highest BCUT2D eigenvalue weighted by molar-refractivity contribution is 5.71. The molecule has 7 rings (SSSR count). The van der Waals surface area contributed by atoms with Crippen molar-refractivity contribution in [2.24, 2.45) is 11.8 Å². The number of benzene rings is 1. The van der Waals surface area contributed by atoms with E-state index in [0.717, 1.165) is 35.4 Å². The molecule has 0 bridgehead atoms. The molecular formula is C36H47N7O7. The number of ether oxygens (including phenoxy) is 4. The quantitative estimate of drug-likeness (QED) is 0.317.